The average Bonchev–Trinajstić information content (AvgIpc) is 3.16. The SMILES string of the molecule is COc1cccc(COC2CCN(c3ccc4nc[nH]c(=O)c4n3)C2)c1. The van der Waals surface area contributed by atoms with E-state index in [1.165, 1.54) is 6.33 Å². The molecule has 0 bridgehead atoms. The summed E-state index contributed by atoms with van der Waals surface area (Å²) in [5.41, 5.74) is 1.83. The molecule has 1 unspecified atom stereocenters. The van der Waals surface area contributed by atoms with Gasteiger partial charge in [-0.25, -0.2) is 9.97 Å². The first-order chi connectivity index (χ1) is 12.7. The van der Waals surface area contributed by atoms with Crippen LogP contribution >= 0.6 is 0 Å². The number of pyridine rings is 1. The van der Waals surface area contributed by atoms with Gasteiger partial charge < -0.3 is 19.4 Å². The number of hydrogen-bond acceptors (Lipinski definition) is 6. The van der Waals surface area contributed by atoms with Crippen LogP contribution in [0.1, 0.15) is 12.0 Å². The summed E-state index contributed by atoms with van der Waals surface area (Å²) in [5.74, 6) is 1.61. The van der Waals surface area contributed by atoms with Crippen LogP contribution in [-0.2, 0) is 11.3 Å². The largest absolute Gasteiger partial charge is 0.497 e. The summed E-state index contributed by atoms with van der Waals surface area (Å²) in [4.78, 5) is 25.2. The molecule has 3 aromatic rings. The number of nitrogens with one attached hydrogen (secondary N) is 1. The molecule has 1 atom stereocenters. The highest BCUT2D eigenvalue weighted by atomic mass is 16.5. The Bertz CT molecular complexity index is 972. The van der Waals surface area contributed by atoms with Gasteiger partial charge in [0, 0.05) is 13.1 Å². The molecule has 1 aliphatic heterocycles. The van der Waals surface area contributed by atoms with E-state index >= 15 is 0 Å². The highest BCUT2D eigenvalue weighted by Gasteiger charge is 2.24. The fourth-order valence-corrected chi connectivity index (χ4v) is 3.17. The molecule has 2 aromatic heterocycles. The fraction of sp³-hybridized carbons (Fsp3) is 0.316. The third-order valence-corrected chi connectivity index (χ3v) is 4.56. The topological polar surface area (TPSA) is 80.3 Å². The first-order valence-electron chi connectivity index (χ1n) is 8.57. The molecule has 26 heavy (non-hydrogen) atoms. The summed E-state index contributed by atoms with van der Waals surface area (Å²) < 4.78 is 11.3. The predicted octanol–water partition coefficient (Wildman–Crippen LogP) is 2.12. The van der Waals surface area contributed by atoms with Gasteiger partial charge in [0.2, 0.25) is 0 Å². The number of rotatable bonds is 5. The van der Waals surface area contributed by atoms with Crippen molar-refractivity contribution in [3.05, 3.63) is 58.6 Å². The molecule has 3 heterocycles. The van der Waals surface area contributed by atoms with E-state index in [4.69, 9.17) is 9.47 Å². The van der Waals surface area contributed by atoms with Crippen LogP contribution < -0.4 is 15.2 Å². The minimum absolute atomic E-state index is 0.130. The Morgan fingerprint density at radius 1 is 1.31 bits per heavy atom. The summed E-state index contributed by atoms with van der Waals surface area (Å²) in [6, 6.07) is 11.6. The van der Waals surface area contributed by atoms with E-state index in [0.717, 1.165) is 36.6 Å². The first-order valence-corrected chi connectivity index (χ1v) is 8.57. The van der Waals surface area contributed by atoms with Crippen molar-refractivity contribution in [2.75, 3.05) is 25.1 Å². The van der Waals surface area contributed by atoms with Gasteiger partial charge >= 0.3 is 0 Å². The molecule has 0 radical (unpaired) electrons. The molecule has 0 saturated carbocycles. The number of aromatic amines is 1. The Balaban J connectivity index is 1.42. The van der Waals surface area contributed by atoms with Crippen molar-refractivity contribution < 1.29 is 9.47 Å². The molecule has 0 aliphatic carbocycles. The van der Waals surface area contributed by atoms with Crippen LogP contribution in [0.3, 0.4) is 0 Å². The van der Waals surface area contributed by atoms with Crippen LogP contribution in [0.4, 0.5) is 5.82 Å². The molecule has 1 saturated heterocycles. The summed E-state index contributed by atoms with van der Waals surface area (Å²) in [6.07, 6.45) is 2.45. The lowest BCUT2D eigenvalue weighted by molar-refractivity contribution is 0.0552. The van der Waals surface area contributed by atoms with Crippen LogP contribution in [0.2, 0.25) is 0 Å². The zero-order valence-corrected chi connectivity index (χ0v) is 14.5. The Morgan fingerprint density at radius 3 is 3.12 bits per heavy atom. The predicted molar refractivity (Wildman–Crippen MR) is 98.6 cm³/mol. The van der Waals surface area contributed by atoms with Gasteiger partial charge in [0.05, 0.1) is 31.7 Å². The van der Waals surface area contributed by atoms with Gasteiger partial charge in [0.1, 0.15) is 11.6 Å². The molecule has 0 amide bonds. The van der Waals surface area contributed by atoms with Crippen molar-refractivity contribution in [2.24, 2.45) is 0 Å². The maximum Gasteiger partial charge on any atom is 0.277 e. The second-order valence-corrected chi connectivity index (χ2v) is 6.29. The van der Waals surface area contributed by atoms with E-state index in [0.29, 0.717) is 17.6 Å². The lowest BCUT2D eigenvalue weighted by atomic mass is 10.2. The molecule has 1 aromatic carbocycles. The molecular weight excluding hydrogens is 332 g/mol. The Hall–Kier alpha value is -2.93. The van der Waals surface area contributed by atoms with Gasteiger partial charge in [-0.1, -0.05) is 12.1 Å². The smallest absolute Gasteiger partial charge is 0.277 e. The highest BCUT2D eigenvalue weighted by molar-refractivity contribution is 5.74. The van der Waals surface area contributed by atoms with E-state index in [2.05, 4.69) is 19.9 Å². The van der Waals surface area contributed by atoms with Gasteiger partial charge in [-0.3, -0.25) is 4.79 Å². The number of methoxy groups -OCH3 is 1. The van der Waals surface area contributed by atoms with E-state index in [-0.39, 0.29) is 11.7 Å². The summed E-state index contributed by atoms with van der Waals surface area (Å²) >= 11 is 0. The molecule has 7 nitrogen and oxygen atoms in total. The van der Waals surface area contributed by atoms with Crippen molar-refractivity contribution in [1.29, 1.82) is 0 Å². The molecule has 0 spiro atoms. The third kappa shape index (κ3) is 3.39. The zero-order chi connectivity index (χ0) is 17.9. The minimum atomic E-state index is -0.220. The lowest BCUT2D eigenvalue weighted by Gasteiger charge is -2.18. The molecule has 4 rings (SSSR count). The molecule has 1 fully saturated rings. The Kier molecular flexibility index (Phi) is 4.53. The number of fused-ring (bicyclic) bond motifs is 1. The monoisotopic (exact) mass is 352 g/mol. The van der Waals surface area contributed by atoms with Gasteiger partial charge in [-0.2, -0.15) is 0 Å². The number of aromatic nitrogens is 3. The van der Waals surface area contributed by atoms with Crippen LogP contribution in [0.15, 0.2) is 47.5 Å². The molecule has 134 valence electrons. The average molecular weight is 352 g/mol. The maximum atomic E-state index is 11.9. The van der Waals surface area contributed by atoms with Crippen molar-refractivity contribution in [3.8, 4) is 5.75 Å². The van der Waals surface area contributed by atoms with Gasteiger partial charge in [0.15, 0.2) is 5.52 Å². The molecule has 1 aliphatic rings. The quantitative estimate of drug-likeness (QED) is 0.758. The number of benzene rings is 1. The molecule has 7 heteroatoms. The van der Waals surface area contributed by atoms with Crippen molar-refractivity contribution >= 4 is 16.9 Å². The molecule has 1 N–H and O–H groups in total. The Morgan fingerprint density at radius 2 is 2.23 bits per heavy atom. The fourth-order valence-electron chi connectivity index (χ4n) is 3.17. The number of ether oxygens (including phenoxy) is 2. The first kappa shape index (κ1) is 16.5. The molecular formula is C19H20N4O3. The van der Waals surface area contributed by atoms with Crippen LogP contribution in [-0.4, -0.2) is 41.3 Å². The van der Waals surface area contributed by atoms with Crippen LogP contribution in [0.25, 0.3) is 11.0 Å². The third-order valence-electron chi connectivity index (χ3n) is 4.56. The minimum Gasteiger partial charge on any atom is -0.497 e. The van der Waals surface area contributed by atoms with Crippen molar-refractivity contribution in [1.82, 2.24) is 15.0 Å². The van der Waals surface area contributed by atoms with Gasteiger partial charge in [-0.15, -0.1) is 0 Å². The maximum absolute atomic E-state index is 11.9. The summed E-state index contributed by atoms with van der Waals surface area (Å²) in [7, 11) is 1.66. The Labute approximate surface area is 150 Å². The van der Waals surface area contributed by atoms with Gasteiger partial charge in [0.25, 0.3) is 5.56 Å². The number of nitrogens with zero attached hydrogens (tertiary/aromatic N) is 3. The van der Waals surface area contributed by atoms with Crippen molar-refractivity contribution in [2.45, 2.75) is 19.1 Å². The van der Waals surface area contributed by atoms with E-state index in [1.807, 2.05) is 36.4 Å². The van der Waals surface area contributed by atoms with Crippen molar-refractivity contribution in [3.63, 3.8) is 0 Å². The summed E-state index contributed by atoms with van der Waals surface area (Å²) in [6.45, 7) is 2.14. The number of H-pyrrole nitrogens is 1. The van der Waals surface area contributed by atoms with Crippen LogP contribution in [0, 0.1) is 0 Å². The van der Waals surface area contributed by atoms with E-state index < -0.39 is 0 Å². The zero-order valence-electron chi connectivity index (χ0n) is 14.5. The standard InChI is InChI=1S/C19H20N4O3/c1-25-14-4-2-3-13(9-14)11-26-15-7-8-23(10-15)17-6-5-16-18(22-17)19(24)21-12-20-16/h2-6,9,12,15H,7-8,10-11H2,1H3,(H,20,21,24). The second kappa shape index (κ2) is 7.13. The highest BCUT2D eigenvalue weighted by Crippen LogP contribution is 2.22. The normalized spacial score (nSPS) is 17.0. The van der Waals surface area contributed by atoms with E-state index in [1.54, 1.807) is 7.11 Å². The second-order valence-electron chi connectivity index (χ2n) is 6.29. The van der Waals surface area contributed by atoms with E-state index in [9.17, 15) is 4.79 Å². The number of hydrogen-bond donors (Lipinski definition) is 1. The lowest BCUT2D eigenvalue weighted by Crippen LogP contribution is -2.24. The number of anilines is 1. The van der Waals surface area contributed by atoms with Crippen LogP contribution in [0.5, 0.6) is 5.75 Å². The summed E-state index contributed by atoms with van der Waals surface area (Å²) in [5, 5.41) is 0. The van der Waals surface area contributed by atoms with Gasteiger partial charge in [-0.05, 0) is 36.2 Å².